The molecule has 0 aliphatic carbocycles. The van der Waals surface area contributed by atoms with Crippen LogP contribution < -0.4 is 15.4 Å². The Kier molecular flexibility index (Phi) is 5.00. The number of nitrogens with one attached hydrogen (secondary N) is 2. The smallest absolute Gasteiger partial charge is 0.262 e. The molecule has 1 heterocycles. The van der Waals surface area contributed by atoms with Gasteiger partial charge in [-0.15, -0.1) is 0 Å². The van der Waals surface area contributed by atoms with Crippen LogP contribution in [-0.2, 0) is 17.9 Å². The van der Waals surface area contributed by atoms with E-state index in [1.54, 1.807) is 18.2 Å². The van der Waals surface area contributed by atoms with Crippen LogP contribution >= 0.6 is 0 Å². The Morgan fingerprint density at radius 1 is 1.20 bits per heavy atom. The number of carbonyl (C=O) groups is 2. The second-order valence-corrected chi connectivity index (χ2v) is 6.24. The van der Waals surface area contributed by atoms with Crippen LogP contribution in [0.1, 0.15) is 21.5 Å². The van der Waals surface area contributed by atoms with Crippen molar-refractivity contribution in [3.8, 4) is 5.75 Å². The van der Waals surface area contributed by atoms with E-state index in [9.17, 15) is 9.59 Å². The molecule has 3 rings (SSSR count). The third kappa shape index (κ3) is 4.16. The van der Waals surface area contributed by atoms with Gasteiger partial charge in [-0.05, 0) is 43.4 Å². The number of benzene rings is 2. The largest absolute Gasteiger partial charge is 0.482 e. The topological polar surface area (TPSA) is 70.7 Å². The van der Waals surface area contributed by atoms with Crippen molar-refractivity contribution >= 4 is 17.5 Å². The molecule has 1 aliphatic heterocycles. The summed E-state index contributed by atoms with van der Waals surface area (Å²) in [5.41, 5.74) is 3.36. The standard InChI is InChI=1S/C19H21N3O3/c1-22(2)11-15-6-4-3-5-14(15)10-20-19(24)13-7-8-16-17(9-13)25-12-18(23)21-16/h3-9H,10-12H2,1-2H3,(H,20,24)(H,21,23). The lowest BCUT2D eigenvalue weighted by molar-refractivity contribution is -0.118. The number of nitrogens with zero attached hydrogens (tertiary/aromatic N) is 1. The van der Waals surface area contributed by atoms with Gasteiger partial charge < -0.3 is 20.3 Å². The molecule has 2 aromatic carbocycles. The predicted molar refractivity (Wildman–Crippen MR) is 95.6 cm³/mol. The minimum absolute atomic E-state index is 0.0318. The summed E-state index contributed by atoms with van der Waals surface area (Å²) < 4.78 is 5.35. The summed E-state index contributed by atoms with van der Waals surface area (Å²) in [6.45, 7) is 1.24. The van der Waals surface area contributed by atoms with E-state index in [0.717, 1.165) is 12.1 Å². The molecule has 6 heteroatoms. The summed E-state index contributed by atoms with van der Waals surface area (Å²) in [4.78, 5) is 25.8. The van der Waals surface area contributed by atoms with Crippen molar-refractivity contribution in [3.05, 3.63) is 59.2 Å². The van der Waals surface area contributed by atoms with Crippen molar-refractivity contribution in [2.24, 2.45) is 0 Å². The molecule has 0 fully saturated rings. The van der Waals surface area contributed by atoms with Crippen molar-refractivity contribution in [2.75, 3.05) is 26.0 Å². The van der Waals surface area contributed by atoms with Crippen LogP contribution in [0.5, 0.6) is 5.75 Å². The quantitative estimate of drug-likeness (QED) is 0.874. The first-order chi connectivity index (χ1) is 12.0. The van der Waals surface area contributed by atoms with Gasteiger partial charge in [0.1, 0.15) is 5.75 Å². The monoisotopic (exact) mass is 339 g/mol. The molecule has 2 N–H and O–H groups in total. The van der Waals surface area contributed by atoms with Gasteiger partial charge in [-0.25, -0.2) is 0 Å². The molecular weight excluding hydrogens is 318 g/mol. The summed E-state index contributed by atoms with van der Waals surface area (Å²) in [6.07, 6.45) is 0. The number of hydrogen-bond acceptors (Lipinski definition) is 4. The number of anilines is 1. The summed E-state index contributed by atoms with van der Waals surface area (Å²) in [6, 6.07) is 13.1. The lowest BCUT2D eigenvalue weighted by Crippen LogP contribution is -2.27. The van der Waals surface area contributed by atoms with E-state index in [0.29, 0.717) is 23.5 Å². The van der Waals surface area contributed by atoms with Crippen LogP contribution in [0.25, 0.3) is 0 Å². The lowest BCUT2D eigenvalue weighted by Gasteiger charge is -2.18. The van der Waals surface area contributed by atoms with Crippen LogP contribution in [0, 0.1) is 0 Å². The third-order valence-corrected chi connectivity index (χ3v) is 3.92. The minimum Gasteiger partial charge on any atom is -0.482 e. The van der Waals surface area contributed by atoms with Crippen molar-refractivity contribution in [2.45, 2.75) is 13.1 Å². The molecule has 6 nitrogen and oxygen atoms in total. The molecule has 0 bridgehead atoms. The molecule has 2 aromatic rings. The molecule has 0 spiro atoms. The summed E-state index contributed by atoms with van der Waals surface area (Å²) in [5.74, 6) is 0.144. The second-order valence-electron chi connectivity index (χ2n) is 6.24. The maximum Gasteiger partial charge on any atom is 0.262 e. The van der Waals surface area contributed by atoms with Gasteiger partial charge in [0.2, 0.25) is 0 Å². The SMILES string of the molecule is CN(C)Cc1ccccc1CNC(=O)c1ccc2c(c1)OCC(=O)N2. The highest BCUT2D eigenvalue weighted by Gasteiger charge is 2.17. The van der Waals surface area contributed by atoms with E-state index in [1.165, 1.54) is 5.56 Å². The van der Waals surface area contributed by atoms with Crippen LogP contribution in [0.3, 0.4) is 0 Å². The maximum atomic E-state index is 12.4. The van der Waals surface area contributed by atoms with E-state index in [1.807, 2.05) is 32.3 Å². The van der Waals surface area contributed by atoms with E-state index in [4.69, 9.17) is 4.74 Å². The van der Waals surface area contributed by atoms with Crippen LogP contribution in [0.2, 0.25) is 0 Å². The molecule has 1 aliphatic rings. The van der Waals surface area contributed by atoms with Crippen LogP contribution in [0.4, 0.5) is 5.69 Å². The molecule has 0 saturated carbocycles. The Hall–Kier alpha value is -2.86. The van der Waals surface area contributed by atoms with Gasteiger partial charge in [-0.3, -0.25) is 9.59 Å². The van der Waals surface area contributed by atoms with Gasteiger partial charge in [0.05, 0.1) is 5.69 Å². The fourth-order valence-electron chi connectivity index (χ4n) is 2.72. The molecule has 0 unspecified atom stereocenters. The van der Waals surface area contributed by atoms with E-state index >= 15 is 0 Å². The molecule has 0 radical (unpaired) electrons. The zero-order valence-electron chi connectivity index (χ0n) is 14.3. The Morgan fingerprint density at radius 3 is 2.72 bits per heavy atom. The highest BCUT2D eigenvalue weighted by molar-refractivity contribution is 5.98. The lowest BCUT2D eigenvalue weighted by atomic mass is 10.1. The number of ether oxygens (including phenoxy) is 1. The molecule has 0 saturated heterocycles. The number of rotatable bonds is 5. The van der Waals surface area contributed by atoms with E-state index < -0.39 is 0 Å². The van der Waals surface area contributed by atoms with E-state index in [2.05, 4.69) is 21.6 Å². The number of fused-ring (bicyclic) bond motifs is 1. The van der Waals surface area contributed by atoms with Gasteiger partial charge in [-0.1, -0.05) is 24.3 Å². The predicted octanol–water partition coefficient (Wildman–Crippen LogP) is 2.01. The van der Waals surface area contributed by atoms with Crippen LogP contribution in [0.15, 0.2) is 42.5 Å². The second kappa shape index (κ2) is 7.36. The number of amides is 2. The first-order valence-corrected chi connectivity index (χ1v) is 8.09. The molecule has 2 amide bonds. The first-order valence-electron chi connectivity index (χ1n) is 8.09. The molecule has 0 aromatic heterocycles. The molecule has 130 valence electrons. The average molecular weight is 339 g/mol. The molecule has 25 heavy (non-hydrogen) atoms. The number of hydrogen-bond donors (Lipinski definition) is 2. The van der Waals surface area contributed by atoms with Crippen molar-refractivity contribution in [3.63, 3.8) is 0 Å². The summed E-state index contributed by atoms with van der Waals surface area (Å²) in [7, 11) is 4.03. The minimum atomic E-state index is -0.192. The van der Waals surface area contributed by atoms with Gasteiger partial charge in [0.25, 0.3) is 11.8 Å². The third-order valence-electron chi connectivity index (χ3n) is 3.92. The van der Waals surface area contributed by atoms with Gasteiger partial charge in [-0.2, -0.15) is 0 Å². The highest BCUT2D eigenvalue weighted by atomic mass is 16.5. The first kappa shape index (κ1) is 17.0. The summed E-state index contributed by atoms with van der Waals surface area (Å²) in [5, 5.41) is 5.65. The zero-order valence-corrected chi connectivity index (χ0v) is 14.3. The zero-order chi connectivity index (χ0) is 17.8. The fraction of sp³-hybridized carbons (Fsp3) is 0.263. The summed E-state index contributed by atoms with van der Waals surface area (Å²) >= 11 is 0. The maximum absolute atomic E-state index is 12.4. The highest BCUT2D eigenvalue weighted by Crippen LogP contribution is 2.28. The van der Waals surface area contributed by atoms with Crippen molar-refractivity contribution < 1.29 is 14.3 Å². The Labute approximate surface area is 146 Å². The van der Waals surface area contributed by atoms with E-state index in [-0.39, 0.29) is 18.4 Å². The Bertz CT molecular complexity index is 802. The Balaban J connectivity index is 1.68. The average Bonchev–Trinajstić information content (AvgIpc) is 2.59. The van der Waals surface area contributed by atoms with Gasteiger partial charge >= 0.3 is 0 Å². The Morgan fingerprint density at radius 2 is 1.96 bits per heavy atom. The van der Waals surface area contributed by atoms with Crippen molar-refractivity contribution in [1.82, 2.24) is 10.2 Å². The van der Waals surface area contributed by atoms with Gasteiger partial charge in [0, 0.05) is 18.7 Å². The number of carbonyl (C=O) groups excluding carboxylic acids is 2. The fourth-order valence-corrected chi connectivity index (χ4v) is 2.72. The molecular formula is C19H21N3O3. The molecule has 0 atom stereocenters. The van der Waals surface area contributed by atoms with Gasteiger partial charge in [0.15, 0.2) is 6.61 Å². The van der Waals surface area contributed by atoms with Crippen LogP contribution in [-0.4, -0.2) is 37.4 Å². The normalized spacial score (nSPS) is 13.0. The van der Waals surface area contributed by atoms with Crippen molar-refractivity contribution in [1.29, 1.82) is 0 Å².